The number of urea groups is 1. The van der Waals surface area contributed by atoms with E-state index in [2.05, 4.69) is 5.32 Å². The molecule has 2 atom stereocenters. The van der Waals surface area contributed by atoms with Crippen LogP contribution in [-0.4, -0.2) is 51.6 Å². The Morgan fingerprint density at radius 1 is 1.37 bits per heavy atom. The average molecular weight is 288 g/mol. The fourth-order valence-electron chi connectivity index (χ4n) is 2.36. The summed E-state index contributed by atoms with van der Waals surface area (Å²) in [5.41, 5.74) is -0.504. The monoisotopic (exact) mass is 288 g/mol. The summed E-state index contributed by atoms with van der Waals surface area (Å²) < 4.78 is 0. The van der Waals surface area contributed by atoms with Crippen LogP contribution in [0.4, 0.5) is 4.79 Å². The zero-order chi connectivity index (χ0) is 14.6. The number of nitrogens with zero attached hydrogens (tertiary/aromatic N) is 1. The van der Waals surface area contributed by atoms with E-state index in [9.17, 15) is 9.59 Å². The minimum absolute atomic E-state index is 0.154. The minimum atomic E-state index is -0.988. The van der Waals surface area contributed by atoms with Crippen molar-refractivity contribution in [3.05, 3.63) is 0 Å². The van der Waals surface area contributed by atoms with Crippen LogP contribution in [0.15, 0.2) is 0 Å². The van der Waals surface area contributed by atoms with Gasteiger partial charge in [0.2, 0.25) is 0 Å². The molecule has 0 aromatic heterocycles. The first kappa shape index (κ1) is 16.1. The summed E-state index contributed by atoms with van der Waals surface area (Å²) >= 11 is 1.77. The Balaban J connectivity index is 2.69. The third kappa shape index (κ3) is 4.60. The van der Waals surface area contributed by atoms with Gasteiger partial charge >= 0.3 is 12.0 Å². The molecule has 0 saturated heterocycles. The number of rotatable bonds is 4. The number of hydrogen-bond acceptors (Lipinski definition) is 3. The Hall–Kier alpha value is -0.910. The number of amides is 2. The number of nitrogens with one attached hydrogen (secondary N) is 1. The van der Waals surface area contributed by atoms with Crippen molar-refractivity contribution in [2.24, 2.45) is 0 Å². The van der Waals surface area contributed by atoms with E-state index in [0.29, 0.717) is 5.25 Å². The molecule has 1 fully saturated rings. The highest BCUT2D eigenvalue weighted by Gasteiger charge is 2.33. The number of thioether (sulfide) groups is 1. The fourth-order valence-corrected chi connectivity index (χ4v) is 3.29. The molecule has 0 spiro atoms. The number of hydrogen-bond donors (Lipinski definition) is 2. The van der Waals surface area contributed by atoms with Crippen LogP contribution in [0.25, 0.3) is 0 Å². The molecule has 110 valence electrons. The van der Waals surface area contributed by atoms with Crippen molar-refractivity contribution in [2.75, 3.05) is 12.8 Å². The van der Waals surface area contributed by atoms with Gasteiger partial charge in [-0.25, -0.2) is 4.79 Å². The summed E-state index contributed by atoms with van der Waals surface area (Å²) in [6.45, 7) is 5.26. The zero-order valence-electron chi connectivity index (χ0n) is 12.1. The van der Waals surface area contributed by atoms with Crippen LogP contribution >= 0.6 is 11.8 Å². The van der Waals surface area contributed by atoms with Crippen LogP contribution in [0.3, 0.4) is 0 Å². The van der Waals surface area contributed by atoms with Gasteiger partial charge in [0.25, 0.3) is 0 Å². The lowest BCUT2D eigenvalue weighted by Crippen LogP contribution is -2.55. The minimum Gasteiger partial charge on any atom is -0.480 e. The summed E-state index contributed by atoms with van der Waals surface area (Å²) in [4.78, 5) is 24.6. The van der Waals surface area contributed by atoms with E-state index in [4.69, 9.17) is 5.11 Å². The Morgan fingerprint density at radius 2 is 2.00 bits per heavy atom. The quantitative estimate of drug-likeness (QED) is 0.832. The van der Waals surface area contributed by atoms with Gasteiger partial charge in [-0.1, -0.05) is 6.42 Å². The summed E-state index contributed by atoms with van der Waals surface area (Å²) in [5, 5.41) is 12.4. The molecular formula is C13H24N2O3S. The van der Waals surface area contributed by atoms with Crippen molar-refractivity contribution < 1.29 is 14.7 Å². The first-order valence-corrected chi connectivity index (χ1v) is 7.87. The third-order valence-corrected chi connectivity index (χ3v) is 4.58. The second-order valence-corrected chi connectivity index (χ2v) is 6.99. The highest BCUT2D eigenvalue weighted by molar-refractivity contribution is 7.99. The molecule has 1 aliphatic rings. The summed E-state index contributed by atoms with van der Waals surface area (Å²) in [7, 11) is 0. The van der Waals surface area contributed by atoms with Crippen LogP contribution in [0.5, 0.6) is 0 Å². The summed E-state index contributed by atoms with van der Waals surface area (Å²) in [5.74, 6) is -0.988. The molecule has 0 aromatic rings. The molecule has 19 heavy (non-hydrogen) atoms. The summed E-state index contributed by atoms with van der Waals surface area (Å²) in [6.07, 6.45) is 5.25. The van der Waals surface area contributed by atoms with Crippen molar-refractivity contribution in [3.63, 3.8) is 0 Å². The normalized spacial score (nSPS) is 23.2. The Kier molecular flexibility index (Phi) is 5.52. The number of carboxylic acid groups (broad SMARTS) is 1. The standard InChI is InChI=1S/C13H24N2O3S/c1-13(2,3)15(8-11(16)17)12(18)14-9-6-5-7-10(9)19-4/h9-10H,5-8H2,1-4H3,(H,14,18)(H,16,17). The van der Waals surface area contributed by atoms with Crippen LogP contribution < -0.4 is 5.32 Å². The van der Waals surface area contributed by atoms with Gasteiger partial charge in [0.1, 0.15) is 6.54 Å². The smallest absolute Gasteiger partial charge is 0.323 e. The van der Waals surface area contributed by atoms with Crippen LogP contribution in [0.2, 0.25) is 0 Å². The lowest BCUT2D eigenvalue weighted by atomic mass is 10.1. The molecule has 0 heterocycles. The number of carboxylic acids is 1. The predicted molar refractivity (Wildman–Crippen MR) is 77.6 cm³/mol. The lowest BCUT2D eigenvalue weighted by molar-refractivity contribution is -0.138. The van der Waals surface area contributed by atoms with Gasteiger partial charge in [-0.3, -0.25) is 4.79 Å². The molecule has 1 saturated carbocycles. The van der Waals surface area contributed by atoms with Gasteiger partial charge < -0.3 is 15.3 Å². The van der Waals surface area contributed by atoms with Gasteiger partial charge in [0.05, 0.1) is 0 Å². The van der Waals surface area contributed by atoms with Gasteiger partial charge in [0.15, 0.2) is 0 Å². The van der Waals surface area contributed by atoms with E-state index >= 15 is 0 Å². The van der Waals surface area contributed by atoms with Gasteiger partial charge in [-0.05, 0) is 39.9 Å². The van der Waals surface area contributed by atoms with Crippen LogP contribution in [0.1, 0.15) is 40.0 Å². The van der Waals surface area contributed by atoms with E-state index in [-0.39, 0.29) is 18.6 Å². The van der Waals surface area contributed by atoms with Crippen molar-refractivity contribution in [1.82, 2.24) is 10.2 Å². The number of aliphatic carboxylic acids is 1. The van der Waals surface area contributed by atoms with Crippen LogP contribution in [-0.2, 0) is 4.79 Å². The second kappa shape index (κ2) is 6.50. The molecule has 0 aliphatic heterocycles. The van der Waals surface area contributed by atoms with E-state index in [1.807, 2.05) is 27.0 Å². The highest BCUT2D eigenvalue weighted by Crippen LogP contribution is 2.28. The molecule has 1 rings (SSSR count). The van der Waals surface area contributed by atoms with Crippen molar-refractivity contribution >= 4 is 23.8 Å². The molecule has 5 nitrogen and oxygen atoms in total. The largest absolute Gasteiger partial charge is 0.480 e. The van der Waals surface area contributed by atoms with Gasteiger partial charge in [-0.15, -0.1) is 0 Å². The first-order chi connectivity index (χ1) is 8.75. The maximum absolute atomic E-state index is 12.3. The van der Waals surface area contributed by atoms with E-state index < -0.39 is 11.5 Å². The first-order valence-electron chi connectivity index (χ1n) is 6.58. The van der Waals surface area contributed by atoms with Crippen molar-refractivity contribution in [2.45, 2.75) is 56.9 Å². The molecule has 0 bridgehead atoms. The molecule has 2 amide bonds. The molecule has 1 aliphatic carbocycles. The molecule has 2 unspecified atom stereocenters. The van der Waals surface area contributed by atoms with Gasteiger partial charge in [0, 0.05) is 16.8 Å². The zero-order valence-corrected chi connectivity index (χ0v) is 12.9. The van der Waals surface area contributed by atoms with Crippen LogP contribution in [0, 0.1) is 0 Å². The maximum Gasteiger partial charge on any atom is 0.323 e. The van der Waals surface area contributed by atoms with E-state index in [1.165, 1.54) is 4.90 Å². The molecule has 2 N–H and O–H groups in total. The average Bonchev–Trinajstić information content (AvgIpc) is 2.71. The molecule has 6 heteroatoms. The third-order valence-electron chi connectivity index (χ3n) is 3.41. The van der Waals surface area contributed by atoms with E-state index in [1.54, 1.807) is 11.8 Å². The topological polar surface area (TPSA) is 69.6 Å². The SMILES string of the molecule is CSC1CCCC1NC(=O)N(CC(=O)O)C(C)(C)C. The van der Waals surface area contributed by atoms with Crippen molar-refractivity contribution in [3.8, 4) is 0 Å². The Bertz CT molecular complexity index is 341. The van der Waals surface area contributed by atoms with E-state index in [0.717, 1.165) is 19.3 Å². The highest BCUT2D eigenvalue weighted by atomic mass is 32.2. The number of carbonyl (C=O) groups excluding carboxylic acids is 1. The predicted octanol–water partition coefficient (Wildman–Crippen LogP) is 2.17. The Labute approximate surface area is 119 Å². The summed E-state index contributed by atoms with van der Waals surface area (Å²) in [6, 6.07) is -0.123. The molecular weight excluding hydrogens is 264 g/mol. The Morgan fingerprint density at radius 3 is 2.47 bits per heavy atom. The number of carbonyl (C=O) groups is 2. The second-order valence-electron chi connectivity index (χ2n) is 5.91. The molecule has 0 radical (unpaired) electrons. The maximum atomic E-state index is 12.3. The van der Waals surface area contributed by atoms with Gasteiger partial charge in [-0.2, -0.15) is 11.8 Å². The molecule has 0 aromatic carbocycles. The fraction of sp³-hybridized carbons (Fsp3) is 0.846. The van der Waals surface area contributed by atoms with Crippen molar-refractivity contribution in [1.29, 1.82) is 0 Å². The lowest BCUT2D eigenvalue weighted by Gasteiger charge is -2.35.